The summed E-state index contributed by atoms with van der Waals surface area (Å²) in [6, 6.07) is 10.3. The van der Waals surface area contributed by atoms with Crippen molar-refractivity contribution >= 4 is 23.3 Å². The second kappa shape index (κ2) is 12.7. The van der Waals surface area contributed by atoms with E-state index in [4.69, 9.17) is 9.47 Å². The van der Waals surface area contributed by atoms with Crippen LogP contribution in [0.5, 0.6) is 5.75 Å². The van der Waals surface area contributed by atoms with Gasteiger partial charge in [0.25, 0.3) is 5.91 Å². The number of nitrogens with zero attached hydrogens (tertiary/aromatic N) is 2. The molecule has 1 aliphatic heterocycles. The van der Waals surface area contributed by atoms with E-state index in [-0.39, 0.29) is 29.7 Å². The van der Waals surface area contributed by atoms with Crippen LogP contribution in [0.2, 0.25) is 0 Å². The quantitative estimate of drug-likeness (QED) is 0.623. The highest BCUT2D eigenvalue weighted by Gasteiger charge is 2.28. The number of hydrogen-bond donors (Lipinski definition) is 2. The zero-order valence-electron chi connectivity index (χ0n) is 21.7. The molecule has 2 N–H and O–H groups in total. The van der Waals surface area contributed by atoms with Crippen LogP contribution in [0, 0.1) is 11.7 Å². The Morgan fingerprint density at radius 3 is 2.61 bits per heavy atom. The van der Waals surface area contributed by atoms with Crippen LogP contribution < -0.4 is 15.4 Å². The van der Waals surface area contributed by atoms with Crippen LogP contribution in [0.4, 0.5) is 20.6 Å². The fourth-order valence-electron chi connectivity index (χ4n) is 4.38. The third-order valence-electron chi connectivity index (χ3n) is 6.46. The molecule has 0 aliphatic carbocycles. The Labute approximate surface area is 212 Å². The zero-order chi connectivity index (χ0) is 26.2. The third kappa shape index (κ3) is 6.95. The summed E-state index contributed by atoms with van der Waals surface area (Å²) in [5, 5.41) is 5.15. The summed E-state index contributed by atoms with van der Waals surface area (Å²) in [5.41, 5.74) is 0.779. The number of anilines is 2. The van der Waals surface area contributed by atoms with E-state index in [0.717, 1.165) is 19.5 Å². The Morgan fingerprint density at radius 1 is 1.17 bits per heavy atom. The van der Waals surface area contributed by atoms with Crippen LogP contribution in [-0.4, -0.2) is 74.3 Å². The van der Waals surface area contributed by atoms with Crippen molar-refractivity contribution in [2.75, 3.05) is 51.0 Å². The van der Waals surface area contributed by atoms with Gasteiger partial charge in [0.2, 0.25) is 0 Å². The van der Waals surface area contributed by atoms with Crippen molar-refractivity contribution in [1.82, 2.24) is 9.80 Å². The summed E-state index contributed by atoms with van der Waals surface area (Å²) in [6.07, 6.45) is 0.885. The molecule has 8 nitrogen and oxygen atoms in total. The molecule has 0 saturated carbocycles. The molecule has 1 aliphatic rings. The maximum absolute atomic E-state index is 13.9. The lowest BCUT2D eigenvalue weighted by Gasteiger charge is -2.35. The lowest BCUT2D eigenvalue weighted by molar-refractivity contribution is 0.0108. The Balaban J connectivity index is 1.87. The average molecular weight is 501 g/mol. The maximum Gasteiger partial charge on any atom is 0.323 e. The second-order valence-electron chi connectivity index (χ2n) is 9.36. The first-order valence-electron chi connectivity index (χ1n) is 12.3. The minimum atomic E-state index is -0.618. The summed E-state index contributed by atoms with van der Waals surface area (Å²) < 4.78 is 25.8. The lowest BCUT2D eigenvalue weighted by atomic mass is 10.0. The number of methoxy groups -OCH3 is 1. The van der Waals surface area contributed by atoms with Gasteiger partial charge in [-0.05, 0) is 56.1 Å². The van der Waals surface area contributed by atoms with Gasteiger partial charge in [0.15, 0.2) is 0 Å². The largest absolute Gasteiger partial charge is 0.491 e. The molecule has 1 heterocycles. The molecule has 0 unspecified atom stereocenters. The van der Waals surface area contributed by atoms with Gasteiger partial charge in [0.05, 0.1) is 17.4 Å². The lowest BCUT2D eigenvalue weighted by Crippen LogP contribution is -2.46. The first-order valence-corrected chi connectivity index (χ1v) is 12.3. The van der Waals surface area contributed by atoms with E-state index < -0.39 is 11.8 Å². The van der Waals surface area contributed by atoms with E-state index in [2.05, 4.69) is 36.3 Å². The first-order chi connectivity index (χ1) is 17.2. The third-order valence-corrected chi connectivity index (χ3v) is 6.46. The normalized spacial score (nSPS) is 21.6. The van der Waals surface area contributed by atoms with Gasteiger partial charge in [-0.25, -0.2) is 9.18 Å². The van der Waals surface area contributed by atoms with E-state index in [1.54, 1.807) is 49.4 Å². The predicted molar refractivity (Wildman–Crippen MR) is 139 cm³/mol. The van der Waals surface area contributed by atoms with Crippen LogP contribution in [0.1, 0.15) is 37.6 Å². The Morgan fingerprint density at radius 2 is 1.92 bits per heavy atom. The van der Waals surface area contributed by atoms with Crippen molar-refractivity contribution in [3.8, 4) is 5.75 Å². The van der Waals surface area contributed by atoms with Crippen molar-refractivity contribution < 1.29 is 23.5 Å². The number of amides is 3. The number of benzene rings is 2. The highest BCUT2D eigenvalue weighted by molar-refractivity contribution is 6.02. The fraction of sp³-hybridized carbons (Fsp3) is 0.481. The van der Waals surface area contributed by atoms with E-state index in [9.17, 15) is 14.0 Å². The number of hydrogen-bond acceptors (Lipinski definition) is 5. The average Bonchev–Trinajstić information content (AvgIpc) is 2.86. The van der Waals surface area contributed by atoms with Crippen molar-refractivity contribution in [1.29, 1.82) is 0 Å². The minimum Gasteiger partial charge on any atom is -0.491 e. The van der Waals surface area contributed by atoms with Crippen LogP contribution in [0.25, 0.3) is 0 Å². The van der Waals surface area contributed by atoms with Gasteiger partial charge in [-0.2, -0.15) is 0 Å². The number of halogens is 1. The molecular weight excluding hydrogens is 463 g/mol. The Bertz CT molecular complexity index is 1050. The predicted octanol–water partition coefficient (Wildman–Crippen LogP) is 4.69. The number of rotatable bonds is 5. The van der Waals surface area contributed by atoms with Crippen LogP contribution >= 0.6 is 0 Å². The van der Waals surface area contributed by atoms with Crippen molar-refractivity contribution in [3.05, 3.63) is 53.8 Å². The van der Waals surface area contributed by atoms with E-state index >= 15 is 0 Å². The number of ether oxygens (including phenoxy) is 2. The van der Waals surface area contributed by atoms with E-state index in [0.29, 0.717) is 30.2 Å². The summed E-state index contributed by atoms with van der Waals surface area (Å²) in [5.74, 6) is -0.134. The van der Waals surface area contributed by atoms with Crippen LogP contribution in [0.3, 0.4) is 0 Å². The number of carbonyl (C=O) groups excluding carboxylic acids is 2. The molecule has 0 radical (unpaired) electrons. The maximum atomic E-state index is 13.9. The molecule has 0 aromatic heterocycles. The number of carbonyl (C=O) groups is 2. The molecule has 3 rings (SSSR count). The summed E-state index contributed by atoms with van der Waals surface area (Å²) in [6.45, 7) is 9.01. The van der Waals surface area contributed by atoms with Gasteiger partial charge < -0.3 is 25.0 Å². The van der Waals surface area contributed by atoms with Gasteiger partial charge >= 0.3 is 6.03 Å². The highest BCUT2D eigenvalue weighted by atomic mass is 19.1. The molecular formula is C27H37FN4O4. The van der Waals surface area contributed by atoms with E-state index in [1.807, 2.05) is 0 Å². The zero-order valence-corrected chi connectivity index (χ0v) is 21.7. The van der Waals surface area contributed by atoms with Crippen molar-refractivity contribution in [3.63, 3.8) is 0 Å². The van der Waals surface area contributed by atoms with Gasteiger partial charge in [0, 0.05) is 39.0 Å². The Hall–Kier alpha value is -3.17. The SMILES string of the molecule is CCCN1C[C@H](C)[C@@H](OC)CN(C)C(=O)c2cc(NC(=O)Nc3ccccc3F)ccc2OC[C@H]1C. The minimum absolute atomic E-state index is 0.0609. The second-order valence-corrected chi connectivity index (χ2v) is 9.36. The number of likely N-dealkylation sites (N-methyl/N-ethyl adjacent to an activating group) is 1. The van der Waals surface area contributed by atoms with Crippen molar-refractivity contribution in [2.45, 2.75) is 39.3 Å². The Kier molecular flexibility index (Phi) is 9.66. The number of nitrogens with one attached hydrogen (secondary N) is 2. The van der Waals surface area contributed by atoms with Crippen LogP contribution in [0.15, 0.2) is 42.5 Å². The molecule has 2 aromatic carbocycles. The summed E-state index contributed by atoms with van der Waals surface area (Å²) in [4.78, 5) is 29.9. The van der Waals surface area contributed by atoms with Crippen LogP contribution in [-0.2, 0) is 4.74 Å². The molecule has 2 aromatic rings. The number of para-hydroxylation sites is 1. The summed E-state index contributed by atoms with van der Waals surface area (Å²) in [7, 11) is 3.40. The van der Waals surface area contributed by atoms with Gasteiger partial charge in [-0.3, -0.25) is 9.69 Å². The topological polar surface area (TPSA) is 83.1 Å². The number of fused-ring (bicyclic) bond motifs is 1. The highest BCUT2D eigenvalue weighted by Crippen LogP contribution is 2.27. The fourth-order valence-corrected chi connectivity index (χ4v) is 4.38. The first kappa shape index (κ1) is 27.4. The molecule has 0 spiro atoms. The number of urea groups is 1. The monoisotopic (exact) mass is 500 g/mol. The molecule has 36 heavy (non-hydrogen) atoms. The summed E-state index contributed by atoms with van der Waals surface area (Å²) >= 11 is 0. The van der Waals surface area contributed by atoms with E-state index in [1.165, 1.54) is 12.1 Å². The molecule has 3 amide bonds. The molecule has 9 heteroatoms. The standard InChI is InChI=1S/C27H37FN4O4/c1-6-13-32-15-18(2)25(35-5)16-31(4)26(33)21-14-20(11-12-24(21)36-17-19(32)3)29-27(34)30-23-10-8-7-9-22(23)28/h7-12,14,18-19,25H,6,13,15-17H2,1-5H3,(H2,29,30,34)/t18-,19+,25-/m0/s1. The molecule has 196 valence electrons. The van der Waals surface area contributed by atoms with Gasteiger partial charge in [-0.1, -0.05) is 26.0 Å². The molecule has 0 bridgehead atoms. The molecule has 0 saturated heterocycles. The van der Waals surface area contributed by atoms with Crippen molar-refractivity contribution in [2.24, 2.45) is 5.92 Å². The molecule has 3 atom stereocenters. The van der Waals surface area contributed by atoms with Gasteiger partial charge in [0.1, 0.15) is 18.2 Å². The molecule has 0 fully saturated rings. The smallest absolute Gasteiger partial charge is 0.323 e. The van der Waals surface area contributed by atoms with Gasteiger partial charge in [-0.15, -0.1) is 0 Å².